The topological polar surface area (TPSA) is 64.1 Å². The number of fused-ring (bicyclic) bond motifs is 1. The second-order valence-corrected chi connectivity index (χ2v) is 7.51. The number of carbonyl (C=O) groups is 1. The van der Waals surface area contributed by atoms with Crippen LogP contribution in [0.4, 0.5) is 5.82 Å². The van der Waals surface area contributed by atoms with Crippen LogP contribution in [0.3, 0.4) is 0 Å². The lowest BCUT2D eigenvalue weighted by atomic mass is 10.0. The number of aryl methyl sites for hydroxylation is 1. The zero-order valence-electron chi connectivity index (χ0n) is 15.4. The van der Waals surface area contributed by atoms with Crippen LogP contribution in [0.2, 0.25) is 0 Å². The Hall–Kier alpha value is -2.73. The van der Waals surface area contributed by atoms with Crippen LogP contribution in [0.5, 0.6) is 0 Å². The number of nitrogens with one attached hydrogen (secondary N) is 1. The first-order valence-electron chi connectivity index (χ1n) is 9.10. The smallest absolute Gasteiger partial charge is 0.338 e. The zero-order chi connectivity index (χ0) is 18.8. The molecule has 1 saturated carbocycles. The van der Waals surface area contributed by atoms with Crippen LogP contribution in [0.25, 0.3) is 22.4 Å². The Balaban J connectivity index is 1.63. The highest BCUT2D eigenvalue weighted by molar-refractivity contribution is 7.18. The Bertz CT molecular complexity index is 1020. The van der Waals surface area contributed by atoms with Gasteiger partial charge in [0.25, 0.3) is 0 Å². The number of ether oxygens (including phenoxy) is 1. The van der Waals surface area contributed by atoms with Crippen molar-refractivity contribution < 1.29 is 9.53 Å². The number of benzene rings is 1. The summed E-state index contributed by atoms with van der Waals surface area (Å²) in [6.07, 6.45) is 8.10. The molecule has 0 radical (unpaired) electrons. The highest BCUT2D eigenvalue weighted by Gasteiger charge is 2.22. The number of carbonyl (C=O) groups excluding carboxylic acids is 1. The molecule has 138 valence electrons. The number of hydrogen-bond donors (Lipinski definition) is 1. The van der Waals surface area contributed by atoms with Crippen molar-refractivity contribution in [1.29, 1.82) is 0 Å². The van der Waals surface area contributed by atoms with Crippen molar-refractivity contribution in [1.82, 2.24) is 9.97 Å². The molecule has 1 N–H and O–H groups in total. The average Bonchev–Trinajstić information content (AvgIpc) is 3.38. The number of hydrogen-bond acceptors (Lipinski definition) is 6. The molecular weight excluding hydrogens is 358 g/mol. The molecule has 0 unspecified atom stereocenters. The predicted molar refractivity (Wildman–Crippen MR) is 110 cm³/mol. The highest BCUT2D eigenvalue weighted by Crippen LogP contribution is 2.33. The number of anilines is 1. The van der Waals surface area contributed by atoms with Crippen molar-refractivity contribution >= 4 is 45.5 Å². The minimum Gasteiger partial charge on any atom is -0.462 e. The Morgan fingerprint density at radius 3 is 2.89 bits per heavy atom. The fraction of sp³-hybridized carbons (Fsp3) is 0.286. The van der Waals surface area contributed by atoms with Crippen LogP contribution in [-0.4, -0.2) is 28.6 Å². The van der Waals surface area contributed by atoms with Gasteiger partial charge in [0.1, 0.15) is 12.1 Å². The molecule has 1 aromatic carbocycles. The van der Waals surface area contributed by atoms with E-state index in [0.29, 0.717) is 18.2 Å². The minimum absolute atomic E-state index is 0.295. The van der Waals surface area contributed by atoms with Gasteiger partial charge in [-0.3, -0.25) is 0 Å². The van der Waals surface area contributed by atoms with Crippen LogP contribution < -0.4 is 5.32 Å². The van der Waals surface area contributed by atoms with Crippen molar-refractivity contribution in [2.45, 2.75) is 32.7 Å². The Morgan fingerprint density at radius 2 is 2.11 bits per heavy atom. The molecule has 6 heteroatoms. The Labute approximate surface area is 162 Å². The molecule has 0 bridgehead atoms. The van der Waals surface area contributed by atoms with Crippen molar-refractivity contribution in [3.63, 3.8) is 0 Å². The van der Waals surface area contributed by atoms with Gasteiger partial charge in [-0.25, -0.2) is 14.8 Å². The highest BCUT2D eigenvalue weighted by atomic mass is 32.1. The summed E-state index contributed by atoms with van der Waals surface area (Å²) in [4.78, 5) is 20.8. The van der Waals surface area contributed by atoms with E-state index < -0.39 is 0 Å². The first-order valence-corrected chi connectivity index (χ1v) is 9.98. The number of nitrogens with zero attached hydrogens (tertiary/aromatic N) is 2. The van der Waals surface area contributed by atoms with E-state index in [9.17, 15) is 4.79 Å². The number of thiophene rings is 1. The fourth-order valence-electron chi connectivity index (χ4n) is 2.85. The molecule has 1 aliphatic rings. The van der Waals surface area contributed by atoms with Gasteiger partial charge in [0, 0.05) is 17.0 Å². The summed E-state index contributed by atoms with van der Waals surface area (Å²) >= 11 is 1.65. The third kappa shape index (κ3) is 3.85. The molecular formula is C21H21N3O2S. The molecule has 27 heavy (non-hydrogen) atoms. The van der Waals surface area contributed by atoms with E-state index in [1.807, 2.05) is 38.1 Å². The van der Waals surface area contributed by atoms with Crippen LogP contribution in [0, 0.1) is 6.92 Å². The first kappa shape index (κ1) is 17.7. The molecule has 2 aromatic heterocycles. The molecule has 0 aliphatic heterocycles. The molecule has 4 rings (SSSR count). The van der Waals surface area contributed by atoms with E-state index in [1.54, 1.807) is 23.7 Å². The van der Waals surface area contributed by atoms with E-state index in [-0.39, 0.29) is 5.97 Å². The summed E-state index contributed by atoms with van der Waals surface area (Å²) < 4.78 is 6.18. The van der Waals surface area contributed by atoms with Crippen LogP contribution in [-0.2, 0) is 4.74 Å². The lowest BCUT2D eigenvalue weighted by Gasteiger charge is -2.05. The third-order valence-electron chi connectivity index (χ3n) is 4.53. The van der Waals surface area contributed by atoms with Crippen molar-refractivity contribution in [3.05, 3.63) is 52.2 Å². The van der Waals surface area contributed by atoms with Gasteiger partial charge in [-0.2, -0.15) is 0 Å². The third-order valence-corrected chi connectivity index (χ3v) is 5.53. The van der Waals surface area contributed by atoms with Gasteiger partial charge in [-0.05, 0) is 49.9 Å². The normalized spacial score (nSPS) is 14.0. The molecule has 0 atom stereocenters. The minimum atomic E-state index is -0.295. The maximum atomic E-state index is 12.0. The molecule has 1 fully saturated rings. The lowest BCUT2D eigenvalue weighted by molar-refractivity contribution is 0.0526. The molecule has 1 aliphatic carbocycles. The van der Waals surface area contributed by atoms with E-state index in [4.69, 9.17) is 4.74 Å². The fourth-order valence-corrected chi connectivity index (χ4v) is 3.79. The van der Waals surface area contributed by atoms with Crippen LogP contribution in [0.1, 0.15) is 46.8 Å². The zero-order valence-corrected chi connectivity index (χ0v) is 16.2. The van der Waals surface area contributed by atoms with E-state index in [1.165, 1.54) is 12.8 Å². The SMILES string of the molecule is CCOC(=O)c1ccc(C)c(C=Cc2csc3c(NC4CC4)ncnc23)c1. The summed E-state index contributed by atoms with van der Waals surface area (Å²) in [5.41, 5.74) is 4.66. The molecule has 0 spiro atoms. The van der Waals surface area contributed by atoms with Gasteiger partial charge in [0.15, 0.2) is 0 Å². The lowest BCUT2D eigenvalue weighted by Crippen LogP contribution is -2.04. The maximum Gasteiger partial charge on any atom is 0.338 e. The monoisotopic (exact) mass is 379 g/mol. The Kier molecular flexibility index (Phi) is 4.90. The molecule has 0 amide bonds. The number of esters is 1. The van der Waals surface area contributed by atoms with Gasteiger partial charge in [-0.1, -0.05) is 18.2 Å². The second-order valence-electron chi connectivity index (χ2n) is 6.63. The first-order chi connectivity index (χ1) is 13.2. The average molecular weight is 379 g/mol. The Morgan fingerprint density at radius 1 is 1.30 bits per heavy atom. The quantitative estimate of drug-likeness (QED) is 0.616. The van der Waals surface area contributed by atoms with Crippen molar-refractivity contribution in [2.75, 3.05) is 11.9 Å². The molecule has 3 aromatic rings. The summed E-state index contributed by atoms with van der Waals surface area (Å²) in [5.74, 6) is 0.629. The molecule has 2 heterocycles. The summed E-state index contributed by atoms with van der Waals surface area (Å²) in [7, 11) is 0. The van der Waals surface area contributed by atoms with Crippen LogP contribution in [0.15, 0.2) is 29.9 Å². The maximum absolute atomic E-state index is 12.0. The molecule has 5 nitrogen and oxygen atoms in total. The van der Waals surface area contributed by atoms with Crippen molar-refractivity contribution in [2.24, 2.45) is 0 Å². The van der Waals surface area contributed by atoms with Crippen molar-refractivity contribution in [3.8, 4) is 0 Å². The largest absolute Gasteiger partial charge is 0.462 e. The van der Waals surface area contributed by atoms with E-state index >= 15 is 0 Å². The standard InChI is InChI=1S/C21H21N3O2S/c1-3-26-21(25)15-5-4-13(2)14(10-15)6-7-16-11-27-19-18(16)22-12-23-20(19)24-17-8-9-17/h4-7,10-12,17H,3,8-9H2,1-2H3,(H,22,23,24). The predicted octanol–water partition coefficient (Wildman–Crippen LogP) is 4.92. The van der Waals surface area contributed by atoms with Gasteiger partial charge in [0.05, 0.1) is 22.4 Å². The van der Waals surface area contributed by atoms with Gasteiger partial charge in [0.2, 0.25) is 0 Å². The number of rotatable bonds is 6. The summed E-state index contributed by atoms with van der Waals surface area (Å²) in [5, 5.41) is 5.57. The molecule has 0 saturated heterocycles. The van der Waals surface area contributed by atoms with Gasteiger partial charge >= 0.3 is 5.97 Å². The summed E-state index contributed by atoms with van der Waals surface area (Å²) in [6, 6.07) is 6.16. The van der Waals surface area contributed by atoms with Gasteiger partial charge < -0.3 is 10.1 Å². The second kappa shape index (κ2) is 7.48. The van der Waals surface area contributed by atoms with Crippen LogP contribution >= 0.6 is 11.3 Å². The van der Waals surface area contributed by atoms with Gasteiger partial charge in [-0.15, -0.1) is 11.3 Å². The van der Waals surface area contributed by atoms with E-state index in [2.05, 4.69) is 20.7 Å². The number of aromatic nitrogens is 2. The summed E-state index contributed by atoms with van der Waals surface area (Å²) in [6.45, 7) is 4.21. The van der Waals surface area contributed by atoms with E-state index in [0.717, 1.165) is 32.7 Å².